The van der Waals surface area contributed by atoms with Gasteiger partial charge in [0, 0.05) is 23.4 Å². The minimum Gasteiger partial charge on any atom is -0.346 e. The molecule has 4 heteroatoms. The molecule has 23 heavy (non-hydrogen) atoms. The molecule has 2 aromatic carbocycles. The summed E-state index contributed by atoms with van der Waals surface area (Å²) < 4.78 is 2.09. The molecule has 0 bridgehead atoms. The molecule has 4 nitrogen and oxygen atoms in total. The molecule has 3 aromatic rings. The van der Waals surface area contributed by atoms with E-state index in [9.17, 15) is 10.1 Å². The second kappa shape index (κ2) is 6.92. The molecule has 0 amide bonds. The first-order chi connectivity index (χ1) is 11.2. The van der Waals surface area contributed by atoms with E-state index < -0.39 is 0 Å². The van der Waals surface area contributed by atoms with Crippen molar-refractivity contribution in [1.29, 1.82) is 0 Å². The molecule has 116 valence electrons. The topological polar surface area (TPSA) is 48.1 Å². The molecule has 1 unspecified atom stereocenters. The van der Waals surface area contributed by atoms with E-state index in [0.29, 0.717) is 6.54 Å². The van der Waals surface area contributed by atoms with Crippen LogP contribution in [0.5, 0.6) is 0 Å². The van der Waals surface area contributed by atoms with Crippen LogP contribution in [0.25, 0.3) is 0 Å². The molecule has 0 saturated carbocycles. The summed E-state index contributed by atoms with van der Waals surface area (Å²) in [6, 6.07) is 23.7. The molecule has 0 aliphatic rings. The lowest BCUT2D eigenvalue weighted by Crippen LogP contribution is -2.17. The van der Waals surface area contributed by atoms with Crippen LogP contribution in [0.4, 0.5) is 0 Å². The predicted octanol–water partition coefficient (Wildman–Crippen LogP) is 3.95. The van der Waals surface area contributed by atoms with Gasteiger partial charge in [-0.25, -0.2) is 0 Å². The van der Waals surface area contributed by atoms with Gasteiger partial charge in [0.05, 0.1) is 5.92 Å². The van der Waals surface area contributed by atoms with Crippen molar-refractivity contribution < 1.29 is 4.92 Å². The molecule has 1 atom stereocenters. The minimum atomic E-state index is -0.245. The van der Waals surface area contributed by atoms with Crippen molar-refractivity contribution in [2.75, 3.05) is 6.54 Å². The second-order valence-electron chi connectivity index (χ2n) is 5.53. The summed E-state index contributed by atoms with van der Waals surface area (Å²) in [7, 11) is 0. The summed E-state index contributed by atoms with van der Waals surface area (Å²) >= 11 is 0. The van der Waals surface area contributed by atoms with Crippen molar-refractivity contribution in [3.63, 3.8) is 0 Å². The van der Waals surface area contributed by atoms with E-state index in [1.54, 1.807) is 0 Å². The Morgan fingerprint density at radius 1 is 0.913 bits per heavy atom. The van der Waals surface area contributed by atoms with Crippen LogP contribution >= 0.6 is 0 Å². The summed E-state index contributed by atoms with van der Waals surface area (Å²) in [5, 5.41) is 11.1. The van der Waals surface area contributed by atoms with Crippen molar-refractivity contribution in [2.24, 2.45) is 0 Å². The number of nitro groups is 1. The van der Waals surface area contributed by atoms with Gasteiger partial charge in [0.2, 0.25) is 6.54 Å². The van der Waals surface area contributed by atoms with Crippen LogP contribution in [-0.4, -0.2) is 16.0 Å². The molecule has 0 saturated heterocycles. The first kappa shape index (κ1) is 15.0. The molecular weight excluding hydrogens is 288 g/mol. The van der Waals surface area contributed by atoms with Gasteiger partial charge in [-0.3, -0.25) is 10.1 Å². The van der Waals surface area contributed by atoms with E-state index in [2.05, 4.69) is 16.7 Å². The van der Waals surface area contributed by atoms with E-state index in [0.717, 1.165) is 11.3 Å². The van der Waals surface area contributed by atoms with Gasteiger partial charge >= 0.3 is 0 Å². The van der Waals surface area contributed by atoms with Crippen molar-refractivity contribution in [2.45, 2.75) is 12.5 Å². The van der Waals surface area contributed by atoms with Gasteiger partial charge < -0.3 is 4.57 Å². The molecule has 0 N–H and O–H groups in total. The lowest BCUT2D eigenvalue weighted by molar-refractivity contribution is -0.482. The minimum absolute atomic E-state index is 0.108. The van der Waals surface area contributed by atoms with Crippen LogP contribution in [-0.2, 0) is 6.54 Å². The van der Waals surface area contributed by atoms with Gasteiger partial charge in [0.25, 0.3) is 0 Å². The average molecular weight is 306 g/mol. The maximum absolute atomic E-state index is 11.1. The fraction of sp³-hybridized carbons (Fsp3) is 0.158. The maximum Gasteiger partial charge on any atom is 0.216 e. The van der Waals surface area contributed by atoms with Crippen molar-refractivity contribution in [3.8, 4) is 0 Å². The summed E-state index contributed by atoms with van der Waals surface area (Å²) in [4.78, 5) is 10.9. The van der Waals surface area contributed by atoms with Crippen LogP contribution in [0.15, 0.2) is 79.0 Å². The van der Waals surface area contributed by atoms with E-state index in [1.165, 1.54) is 5.56 Å². The number of benzene rings is 2. The zero-order valence-electron chi connectivity index (χ0n) is 12.7. The smallest absolute Gasteiger partial charge is 0.216 e. The van der Waals surface area contributed by atoms with Gasteiger partial charge in [-0.15, -0.1) is 0 Å². The van der Waals surface area contributed by atoms with Gasteiger partial charge in [0.15, 0.2) is 0 Å². The van der Waals surface area contributed by atoms with Gasteiger partial charge in [-0.05, 0) is 23.3 Å². The van der Waals surface area contributed by atoms with Crippen LogP contribution in [0, 0.1) is 10.1 Å². The Kier molecular flexibility index (Phi) is 4.52. The second-order valence-corrected chi connectivity index (χ2v) is 5.53. The Hall–Kier alpha value is -2.88. The molecule has 0 aliphatic carbocycles. The first-order valence-electron chi connectivity index (χ1n) is 7.60. The van der Waals surface area contributed by atoms with Gasteiger partial charge in [-0.1, -0.05) is 60.7 Å². The van der Waals surface area contributed by atoms with E-state index in [-0.39, 0.29) is 17.4 Å². The number of hydrogen-bond donors (Lipinski definition) is 0. The first-order valence-corrected chi connectivity index (χ1v) is 7.60. The monoisotopic (exact) mass is 306 g/mol. The number of rotatable bonds is 6. The van der Waals surface area contributed by atoms with Crippen molar-refractivity contribution in [1.82, 2.24) is 4.57 Å². The summed E-state index contributed by atoms with van der Waals surface area (Å²) in [5.41, 5.74) is 3.12. The zero-order chi connectivity index (χ0) is 16.1. The number of nitrogens with zero attached hydrogens (tertiary/aromatic N) is 2. The predicted molar refractivity (Wildman–Crippen MR) is 90.1 cm³/mol. The Labute approximate surface area is 135 Å². The van der Waals surface area contributed by atoms with Gasteiger partial charge in [-0.2, -0.15) is 0 Å². The summed E-state index contributed by atoms with van der Waals surface area (Å²) in [5.74, 6) is -0.245. The Balaban J connectivity index is 1.94. The maximum atomic E-state index is 11.1. The Morgan fingerprint density at radius 3 is 2.22 bits per heavy atom. The molecule has 3 rings (SSSR count). The molecule has 0 fully saturated rings. The molecule has 0 aliphatic heterocycles. The molecular formula is C19H18N2O2. The van der Waals surface area contributed by atoms with Crippen LogP contribution in [0.3, 0.4) is 0 Å². The summed E-state index contributed by atoms with van der Waals surface area (Å²) in [6.07, 6.45) is 1.98. The molecule has 1 aromatic heterocycles. The van der Waals surface area contributed by atoms with Crippen molar-refractivity contribution in [3.05, 3.63) is 106 Å². The molecule has 1 heterocycles. The Bertz CT molecular complexity index is 766. The third kappa shape index (κ3) is 3.66. The zero-order valence-corrected chi connectivity index (χ0v) is 12.7. The van der Waals surface area contributed by atoms with Crippen LogP contribution in [0.1, 0.15) is 22.7 Å². The quantitative estimate of drug-likeness (QED) is 0.511. The Morgan fingerprint density at radius 2 is 1.57 bits per heavy atom. The molecule has 0 radical (unpaired) electrons. The summed E-state index contributed by atoms with van der Waals surface area (Å²) in [6.45, 7) is 0.604. The normalized spacial score (nSPS) is 12.0. The van der Waals surface area contributed by atoms with E-state index in [4.69, 9.17) is 0 Å². The fourth-order valence-corrected chi connectivity index (χ4v) is 2.87. The highest BCUT2D eigenvalue weighted by Crippen LogP contribution is 2.26. The third-order valence-corrected chi connectivity index (χ3v) is 3.95. The SMILES string of the molecule is O=[N+]([O-])CC(c1ccccc1)c1cccn1Cc1ccccc1. The lowest BCUT2D eigenvalue weighted by Gasteiger charge is -2.17. The van der Waals surface area contributed by atoms with E-state index >= 15 is 0 Å². The standard InChI is InChI=1S/C19H18N2O2/c22-21(23)15-18(17-10-5-2-6-11-17)19-12-7-13-20(19)14-16-8-3-1-4-9-16/h1-13,18H,14-15H2. The largest absolute Gasteiger partial charge is 0.346 e. The fourth-order valence-electron chi connectivity index (χ4n) is 2.87. The van der Waals surface area contributed by atoms with Crippen molar-refractivity contribution >= 4 is 0 Å². The number of aromatic nitrogens is 1. The highest BCUT2D eigenvalue weighted by molar-refractivity contribution is 5.30. The van der Waals surface area contributed by atoms with Crippen LogP contribution in [0.2, 0.25) is 0 Å². The van der Waals surface area contributed by atoms with Crippen LogP contribution < -0.4 is 0 Å². The van der Waals surface area contributed by atoms with E-state index in [1.807, 2.05) is 66.9 Å². The third-order valence-electron chi connectivity index (χ3n) is 3.95. The highest BCUT2D eigenvalue weighted by atomic mass is 16.6. The average Bonchev–Trinajstić information content (AvgIpc) is 3.02. The highest BCUT2D eigenvalue weighted by Gasteiger charge is 2.22. The number of hydrogen-bond acceptors (Lipinski definition) is 2. The lowest BCUT2D eigenvalue weighted by atomic mass is 9.95. The molecule has 0 spiro atoms. The van der Waals surface area contributed by atoms with Gasteiger partial charge in [0.1, 0.15) is 0 Å².